The molecule has 9 nitrogen and oxygen atoms in total. The summed E-state index contributed by atoms with van der Waals surface area (Å²) in [5, 5.41) is 16.6. The lowest BCUT2D eigenvalue weighted by Crippen LogP contribution is -2.44. The molecule has 0 unspecified atom stereocenters. The number of aliphatic hydroxyl groups is 1. The summed E-state index contributed by atoms with van der Waals surface area (Å²) >= 11 is 6.44. The molecular formula is C27H34ClN5O4. The maximum atomic E-state index is 13.2. The molecule has 1 aromatic heterocycles. The first kappa shape index (κ1) is 25.9. The minimum absolute atomic E-state index is 0.0161. The lowest BCUT2D eigenvalue weighted by atomic mass is 9.74. The van der Waals surface area contributed by atoms with Crippen molar-refractivity contribution in [2.75, 3.05) is 38.2 Å². The van der Waals surface area contributed by atoms with E-state index in [9.17, 15) is 14.7 Å². The van der Waals surface area contributed by atoms with Crippen LogP contribution in [0.4, 0.5) is 5.95 Å². The van der Waals surface area contributed by atoms with E-state index in [0.29, 0.717) is 48.5 Å². The zero-order valence-corrected chi connectivity index (χ0v) is 21.7. The average Bonchev–Trinajstić information content (AvgIpc) is 3.24. The highest BCUT2D eigenvalue weighted by molar-refractivity contribution is 6.33. The van der Waals surface area contributed by atoms with Crippen LogP contribution >= 0.6 is 11.6 Å². The summed E-state index contributed by atoms with van der Waals surface area (Å²) < 4.78 is 5.41. The first-order chi connectivity index (χ1) is 18.0. The van der Waals surface area contributed by atoms with Gasteiger partial charge in [-0.1, -0.05) is 43.0 Å². The van der Waals surface area contributed by atoms with Crippen LogP contribution in [0.5, 0.6) is 0 Å². The number of benzene rings is 1. The van der Waals surface area contributed by atoms with Gasteiger partial charge in [0.2, 0.25) is 11.9 Å². The van der Waals surface area contributed by atoms with Gasteiger partial charge in [-0.3, -0.25) is 9.59 Å². The van der Waals surface area contributed by atoms with Gasteiger partial charge in [-0.15, -0.1) is 0 Å². The first-order valence-corrected chi connectivity index (χ1v) is 13.5. The van der Waals surface area contributed by atoms with Crippen LogP contribution in [0.3, 0.4) is 0 Å². The molecule has 2 fully saturated rings. The number of hydrogen-bond donors (Lipinski definition) is 3. The number of nitrogens with one attached hydrogen (secondary N) is 2. The number of rotatable bonds is 8. The second-order valence-electron chi connectivity index (χ2n) is 10.4. The van der Waals surface area contributed by atoms with Gasteiger partial charge < -0.3 is 25.4 Å². The molecule has 1 saturated heterocycles. The smallest absolute Gasteiger partial charge is 0.254 e. The van der Waals surface area contributed by atoms with Crippen LogP contribution in [0.1, 0.15) is 60.9 Å². The third kappa shape index (κ3) is 5.89. The van der Waals surface area contributed by atoms with Gasteiger partial charge in [-0.25, -0.2) is 9.97 Å². The Hall–Kier alpha value is -2.75. The van der Waals surface area contributed by atoms with Crippen molar-refractivity contribution in [3.05, 3.63) is 40.5 Å². The van der Waals surface area contributed by atoms with Gasteiger partial charge in [-0.2, -0.15) is 0 Å². The van der Waals surface area contributed by atoms with Crippen molar-refractivity contribution in [2.24, 2.45) is 5.41 Å². The molecule has 1 saturated carbocycles. The molecule has 1 aromatic carbocycles. The van der Waals surface area contributed by atoms with Crippen molar-refractivity contribution in [3.8, 4) is 11.3 Å². The van der Waals surface area contributed by atoms with Gasteiger partial charge in [0.1, 0.15) is 6.54 Å². The van der Waals surface area contributed by atoms with Gasteiger partial charge in [0.25, 0.3) is 5.91 Å². The Labute approximate surface area is 222 Å². The third-order valence-corrected chi connectivity index (χ3v) is 8.08. The molecule has 0 atom stereocenters. The number of carbonyl (C=O) groups excluding carboxylic acids is 2. The summed E-state index contributed by atoms with van der Waals surface area (Å²) in [7, 11) is 0. The molecule has 37 heavy (non-hydrogen) atoms. The number of halogens is 1. The maximum Gasteiger partial charge on any atom is 0.254 e. The zero-order valence-electron chi connectivity index (χ0n) is 21.0. The summed E-state index contributed by atoms with van der Waals surface area (Å²) in [6.07, 6.45) is 8.49. The minimum atomic E-state index is -0.240. The number of aromatic nitrogens is 2. The van der Waals surface area contributed by atoms with Gasteiger partial charge in [0.05, 0.1) is 23.5 Å². The third-order valence-electron chi connectivity index (χ3n) is 7.81. The molecule has 2 aromatic rings. The Morgan fingerprint density at radius 1 is 1.22 bits per heavy atom. The lowest BCUT2D eigenvalue weighted by molar-refractivity contribution is -0.122. The van der Waals surface area contributed by atoms with E-state index in [-0.39, 0.29) is 36.4 Å². The molecular weight excluding hydrogens is 494 g/mol. The van der Waals surface area contributed by atoms with Crippen molar-refractivity contribution in [3.63, 3.8) is 0 Å². The minimum Gasteiger partial charge on any atom is -0.396 e. The van der Waals surface area contributed by atoms with E-state index < -0.39 is 0 Å². The molecule has 0 bridgehead atoms. The SMILES string of the molecule is O=C(CN1Cc2ccc(-c3nc(NC4CCOCC4)ncc3Cl)cc2C1=O)NCC1(CO)CCCCC1. The molecule has 0 spiro atoms. The van der Waals surface area contributed by atoms with Crippen LogP contribution in [-0.2, 0) is 16.1 Å². The fraction of sp³-hybridized carbons (Fsp3) is 0.556. The summed E-state index contributed by atoms with van der Waals surface area (Å²) in [6, 6.07) is 5.84. The molecule has 2 amide bonds. The number of nitrogens with zero attached hydrogens (tertiary/aromatic N) is 3. The zero-order chi connectivity index (χ0) is 25.8. The van der Waals surface area contributed by atoms with Gasteiger partial charge in [0.15, 0.2) is 0 Å². The molecule has 1 aliphatic carbocycles. The van der Waals surface area contributed by atoms with Crippen LogP contribution < -0.4 is 10.6 Å². The van der Waals surface area contributed by atoms with Crippen LogP contribution in [0.25, 0.3) is 11.3 Å². The predicted octanol–water partition coefficient (Wildman–Crippen LogP) is 3.40. The first-order valence-electron chi connectivity index (χ1n) is 13.1. The standard InChI is InChI=1S/C27H34ClN5O4/c28-22-13-29-26(31-20-6-10-37-11-7-20)32-24(22)18-4-5-19-14-33(25(36)21(19)12-18)15-23(35)30-16-27(17-34)8-2-1-3-9-27/h4-5,12-13,20,34H,1-3,6-11,14-17H2,(H,30,35)(H,29,31,32). The maximum absolute atomic E-state index is 13.2. The number of aliphatic hydroxyl groups excluding tert-OH is 1. The van der Waals surface area contributed by atoms with E-state index in [1.807, 2.05) is 12.1 Å². The van der Waals surface area contributed by atoms with E-state index in [1.54, 1.807) is 17.2 Å². The summed E-state index contributed by atoms with van der Waals surface area (Å²) in [6.45, 7) is 2.29. The fourth-order valence-corrected chi connectivity index (χ4v) is 5.71. The molecule has 3 heterocycles. The van der Waals surface area contributed by atoms with Crippen molar-refractivity contribution in [1.29, 1.82) is 0 Å². The topological polar surface area (TPSA) is 117 Å². The second kappa shape index (κ2) is 11.3. The summed E-state index contributed by atoms with van der Waals surface area (Å²) in [5.74, 6) is 0.102. The quantitative estimate of drug-likeness (QED) is 0.481. The molecule has 3 aliphatic rings. The number of ether oxygens (including phenoxy) is 1. The Morgan fingerprint density at radius 2 is 2.00 bits per heavy atom. The molecule has 198 valence electrons. The van der Waals surface area contributed by atoms with Crippen LogP contribution in [-0.4, -0.2) is 70.7 Å². The Morgan fingerprint density at radius 3 is 2.76 bits per heavy atom. The van der Waals surface area contributed by atoms with Crippen molar-refractivity contribution < 1.29 is 19.4 Å². The molecule has 0 radical (unpaired) electrons. The second-order valence-corrected chi connectivity index (χ2v) is 10.9. The molecule has 5 rings (SSSR count). The van der Waals surface area contributed by atoms with E-state index in [2.05, 4.69) is 20.6 Å². The van der Waals surface area contributed by atoms with Crippen LogP contribution in [0.15, 0.2) is 24.4 Å². The van der Waals surface area contributed by atoms with E-state index in [4.69, 9.17) is 16.3 Å². The number of amides is 2. The molecule has 10 heteroatoms. The van der Waals surface area contributed by atoms with Gasteiger partial charge >= 0.3 is 0 Å². The summed E-state index contributed by atoms with van der Waals surface area (Å²) in [5.41, 5.74) is 2.46. The van der Waals surface area contributed by atoms with Gasteiger partial charge in [-0.05, 0) is 37.3 Å². The Balaban J connectivity index is 1.24. The highest BCUT2D eigenvalue weighted by Gasteiger charge is 2.33. The predicted molar refractivity (Wildman–Crippen MR) is 140 cm³/mol. The molecule has 3 N–H and O–H groups in total. The largest absolute Gasteiger partial charge is 0.396 e. The number of fused-ring (bicyclic) bond motifs is 1. The van der Waals surface area contributed by atoms with Crippen molar-refractivity contribution >= 4 is 29.4 Å². The van der Waals surface area contributed by atoms with Crippen LogP contribution in [0.2, 0.25) is 5.02 Å². The monoisotopic (exact) mass is 527 g/mol. The fourth-order valence-electron chi connectivity index (χ4n) is 5.51. The Kier molecular flexibility index (Phi) is 7.92. The number of carbonyl (C=O) groups is 2. The Bertz CT molecular complexity index is 1150. The highest BCUT2D eigenvalue weighted by Crippen LogP contribution is 2.35. The normalized spacial score (nSPS) is 19.5. The van der Waals surface area contributed by atoms with E-state index >= 15 is 0 Å². The lowest BCUT2D eigenvalue weighted by Gasteiger charge is -2.35. The van der Waals surface area contributed by atoms with Gasteiger partial charge in [0, 0.05) is 48.9 Å². The number of hydrogen-bond acceptors (Lipinski definition) is 7. The highest BCUT2D eigenvalue weighted by atomic mass is 35.5. The number of anilines is 1. The van der Waals surface area contributed by atoms with E-state index in [1.165, 1.54) is 6.42 Å². The van der Waals surface area contributed by atoms with Crippen molar-refractivity contribution in [2.45, 2.75) is 57.5 Å². The molecule has 2 aliphatic heterocycles. The van der Waals surface area contributed by atoms with Crippen LogP contribution in [0, 0.1) is 5.41 Å². The van der Waals surface area contributed by atoms with E-state index in [0.717, 1.165) is 49.7 Å². The summed E-state index contributed by atoms with van der Waals surface area (Å²) in [4.78, 5) is 36.4. The average molecular weight is 528 g/mol. The van der Waals surface area contributed by atoms with Crippen molar-refractivity contribution in [1.82, 2.24) is 20.2 Å².